The second kappa shape index (κ2) is 8.27. The molecule has 2 aromatic carbocycles. The number of fused-ring (bicyclic) bond motifs is 1. The van der Waals surface area contributed by atoms with E-state index in [2.05, 4.69) is 4.74 Å². The van der Waals surface area contributed by atoms with Crippen molar-refractivity contribution in [1.29, 1.82) is 0 Å². The molecule has 10 heteroatoms. The fraction of sp³-hybridized carbons (Fsp3) is 0.400. The van der Waals surface area contributed by atoms with Gasteiger partial charge in [0.05, 0.1) is 12.0 Å². The molecule has 0 atom stereocenters. The topological polar surface area (TPSA) is 74.3 Å². The SMILES string of the molecule is COc1cc(CN(C2CC2)S(=O)(=O)c2ccc3c(c2)OCCO3)ccc1OC(F)F. The van der Waals surface area contributed by atoms with E-state index in [1.54, 1.807) is 12.1 Å². The first-order chi connectivity index (χ1) is 14.4. The standard InChI is InChI=1S/C20H21F2NO6S/c1-26-18-10-13(2-6-17(18)29-20(21)22)12-23(14-3-4-14)30(24,25)15-5-7-16-19(11-15)28-9-8-27-16/h2,5-7,10-11,14,20H,3-4,8-9,12H2,1H3. The van der Waals surface area contributed by atoms with E-state index in [1.165, 1.54) is 35.7 Å². The lowest BCUT2D eigenvalue weighted by Crippen LogP contribution is -2.32. The van der Waals surface area contributed by atoms with Gasteiger partial charge in [-0.3, -0.25) is 0 Å². The number of nitrogens with zero attached hydrogens (tertiary/aromatic N) is 1. The van der Waals surface area contributed by atoms with Crippen LogP contribution in [0.3, 0.4) is 0 Å². The van der Waals surface area contributed by atoms with Gasteiger partial charge < -0.3 is 18.9 Å². The third-order valence-corrected chi connectivity index (χ3v) is 6.75. The van der Waals surface area contributed by atoms with Crippen molar-refractivity contribution >= 4 is 10.0 Å². The van der Waals surface area contributed by atoms with Crippen molar-refractivity contribution < 1.29 is 36.1 Å². The summed E-state index contributed by atoms with van der Waals surface area (Å²) in [5, 5.41) is 0. The number of rotatable bonds is 8. The Morgan fingerprint density at radius 3 is 2.47 bits per heavy atom. The molecular weight excluding hydrogens is 420 g/mol. The van der Waals surface area contributed by atoms with Gasteiger partial charge >= 0.3 is 6.61 Å². The minimum atomic E-state index is -3.81. The number of methoxy groups -OCH3 is 1. The molecule has 0 spiro atoms. The molecule has 0 saturated heterocycles. The molecule has 1 heterocycles. The van der Waals surface area contributed by atoms with Crippen LogP contribution in [0.2, 0.25) is 0 Å². The summed E-state index contributed by atoms with van der Waals surface area (Å²) >= 11 is 0. The van der Waals surface area contributed by atoms with Gasteiger partial charge in [0.25, 0.3) is 0 Å². The van der Waals surface area contributed by atoms with E-state index in [1.807, 2.05) is 0 Å². The van der Waals surface area contributed by atoms with Crippen molar-refractivity contribution in [3.8, 4) is 23.0 Å². The summed E-state index contributed by atoms with van der Waals surface area (Å²) in [4.78, 5) is 0.114. The van der Waals surface area contributed by atoms with Crippen molar-refractivity contribution in [3.63, 3.8) is 0 Å². The average Bonchev–Trinajstić information content (AvgIpc) is 3.57. The van der Waals surface area contributed by atoms with E-state index < -0.39 is 16.6 Å². The zero-order chi connectivity index (χ0) is 21.3. The number of alkyl halides is 2. The Bertz CT molecular complexity index is 1030. The molecule has 162 valence electrons. The van der Waals surface area contributed by atoms with Crippen molar-refractivity contribution in [1.82, 2.24) is 4.31 Å². The Morgan fingerprint density at radius 1 is 1.07 bits per heavy atom. The highest BCUT2D eigenvalue weighted by atomic mass is 32.2. The third-order valence-electron chi connectivity index (χ3n) is 4.86. The molecule has 2 aliphatic rings. The van der Waals surface area contributed by atoms with Crippen molar-refractivity contribution in [2.24, 2.45) is 0 Å². The van der Waals surface area contributed by atoms with Crippen LogP contribution in [-0.4, -0.2) is 45.7 Å². The summed E-state index contributed by atoms with van der Waals surface area (Å²) < 4.78 is 73.7. The van der Waals surface area contributed by atoms with Crippen molar-refractivity contribution in [2.75, 3.05) is 20.3 Å². The summed E-state index contributed by atoms with van der Waals surface area (Å²) in [5.74, 6) is 0.912. The summed E-state index contributed by atoms with van der Waals surface area (Å²) in [6.07, 6.45) is 1.51. The number of ether oxygens (including phenoxy) is 4. The van der Waals surface area contributed by atoms with Crippen LogP contribution in [0.25, 0.3) is 0 Å². The Balaban J connectivity index is 1.61. The van der Waals surface area contributed by atoms with E-state index in [9.17, 15) is 17.2 Å². The van der Waals surface area contributed by atoms with E-state index >= 15 is 0 Å². The zero-order valence-corrected chi connectivity index (χ0v) is 17.0. The summed E-state index contributed by atoms with van der Waals surface area (Å²) in [7, 11) is -2.48. The van der Waals surface area contributed by atoms with Gasteiger partial charge in [0.2, 0.25) is 10.0 Å². The quantitative estimate of drug-likeness (QED) is 0.625. The van der Waals surface area contributed by atoms with Gasteiger partial charge in [-0.05, 0) is 42.7 Å². The molecule has 0 aromatic heterocycles. The summed E-state index contributed by atoms with van der Waals surface area (Å²) in [6, 6.07) is 8.85. The molecule has 0 radical (unpaired) electrons. The van der Waals surface area contributed by atoms with Crippen LogP contribution in [0.15, 0.2) is 41.3 Å². The smallest absolute Gasteiger partial charge is 0.387 e. The lowest BCUT2D eigenvalue weighted by Gasteiger charge is -2.24. The van der Waals surface area contributed by atoms with Gasteiger partial charge in [0, 0.05) is 18.7 Å². The van der Waals surface area contributed by atoms with Crippen LogP contribution in [0.5, 0.6) is 23.0 Å². The number of sulfonamides is 1. The molecule has 0 bridgehead atoms. The Kier molecular flexibility index (Phi) is 5.70. The molecule has 4 rings (SSSR count). The average molecular weight is 441 g/mol. The molecule has 2 aromatic rings. The molecule has 0 N–H and O–H groups in total. The lowest BCUT2D eigenvalue weighted by atomic mass is 10.2. The number of hydrogen-bond donors (Lipinski definition) is 0. The minimum Gasteiger partial charge on any atom is -0.493 e. The maximum Gasteiger partial charge on any atom is 0.387 e. The monoisotopic (exact) mass is 441 g/mol. The highest BCUT2D eigenvalue weighted by Crippen LogP contribution is 2.38. The normalized spacial score (nSPS) is 16.0. The molecule has 0 amide bonds. The predicted octanol–water partition coefficient (Wildman–Crippen LogP) is 3.42. The van der Waals surface area contributed by atoms with E-state index in [0.29, 0.717) is 30.3 Å². The summed E-state index contributed by atoms with van der Waals surface area (Å²) in [5.41, 5.74) is 0.599. The van der Waals surface area contributed by atoms with Gasteiger partial charge in [-0.2, -0.15) is 13.1 Å². The molecule has 1 aliphatic carbocycles. The van der Waals surface area contributed by atoms with Gasteiger partial charge in [0.1, 0.15) is 13.2 Å². The number of halogens is 2. The van der Waals surface area contributed by atoms with Crippen LogP contribution in [0.4, 0.5) is 8.78 Å². The maximum absolute atomic E-state index is 13.3. The van der Waals surface area contributed by atoms with Gasteiger partial charge in [-0.25, -0.2) is 8.42 Å². The van der Waals surface area contributed by atoms with Gasteiger partial charge in [0.15, 0.2) is 23.0 Å². The molecular formula is C20H21F2NO6S. The second-order valence-electron chi connectivity index (χ2n) is 6.95. The Hall–Kier alpha value is -2.59. The Morgan fingerprint density at radius 2 is 1.80 bits per heavy atom. The largest absolute Gasteiger partial charge is 0.493 e. The molecule has 30 heavy (non-hydrogen) atoms. The zero-order valence-electron chi connectivity index (χ0n) is 16.2. The van der Waals surface area contributed by atoms with Crippen LogP contribution in [0.1, 0.15) is 18.4 Å². The van der Waals surface area contributed by atoms with Crippen LogP contribution in [-0.2, 0) is 16.6 Å². The third kappa shape index (κ3) is 4.29. The van der Waals surface area contributed by atoms with Crippen LogP contribution < -0.4 is 18.9 Å². The van der Waals surface area contributed by atoms with Crippen molar-refractivity contribution in [2.45, 2.75) is 36.9 Å². The first-order valence-electron chi connectivity index (χ1n) is 9.41. The van der Waals surface area contributed by atoms with Gasteiger partial charge in [-0.15, -0.1) is 0 Å². The molecule has 1 saturated carbocycles. The fourth-order valence-electron chi connectivity index (χ4n) is 3.28. The van der Waals surface area contributed by atoms with E-state index in [-0.39, 0.29) is 29.0 Å². The first-order valence-corrected chi connectivity index (χ1v) is 10.9. The van der Waals surface area contributed by atoms with E-state index in [0.717, 1.165) is 12.8 Å². The first kappa shape index (κ1) is 20.7. The number of hydrogen-bond acceptors (Lipinski definition) is 6. The molecule has 1 fully saturated rings. The molecule has 0 unspecified atom stereocenters. The summed E-state index contributed by atoms with van der Waals surface area (Å²) in [6.45, 7) is -2.13. The highest BCUT2D eigenvalue weighted by molar-refractivity contribution is 7.89. The number of benzene rings is 2. The highest BCUT2D eigenvalue weighted by Gasteiger charge is 2.38. The lowest BCUT2D eigenvalue weighted by molar-refractivity contribution is -0.0512. The second-order valence-corrected chi connectivity index (χ2v) is 8.84. The molecule has 1 aliphatic heterocycles. The van der Waals surface area contributed by atoms with Gasteiger partial charge in [-0.1, -0.05) is 6.07 Å². The predicted molar refractivity (Wildman–Crippen MR) is 103 cm³/mol. The van der Waals surface area contributed by atoms with Crippen LogP contribution >= 0.6 is 0 Å². The molecule has 7 nitrogen and oxygen atoms in total. The minimum absolute atomic E-state index is 0.0762. The maximum atomic E-state index is 13.3. The van der Waals surface area contributed by atoms with E-state index in [4.69, 9.17) is 14.2 Å². The van der Waals surface area contributed by atoms with Crippen molar-refractivity contribution in [3.05, 3.63) is 42.0 Å². The van der Waals surface area contributed by atoms with Crippen LogP contribution in [0, 0.1) is 0 Å². The fourth-order valence-corrected chi connectivity index (χ4v) is 4.97. The Labute approximate surface area is 173 Å².